The van der Waals surface area contributed by atoms with Crippen LogP contribution in [0.5, 0.6) is 0 Å². The first kappa shape index (κ1) is 17.4. The molecular formula is C17H22BrN3O3. The molecule has 2 heterocycles. The van der Waals surface area contributed by atoms with Gasteiger partial charge < -0.3 is 15.0 Å². The summed E-state index contributed by atoms with van der Waals surface area (Å²) in [7, 11) is 0. The quantitative estimate of drug-likeness (QED) is 0.846. The van der Waals surface area contributed by atoms with Crippen LogP contribution < -0.4 is 10.2 Å². The summed E-state index contributed by atoms with van der Waals surface area (Å²) >= 11 is 3.49. The van der Waals surface area contributed by atoms with Crippen LogP contribution in [0.25, 0.3) is 0 Å². The van der Waals surface area contributed by atoms with Gasteiger partial charge in [-0.15, -0.1) is 0 Å². The van der Waals surface area contributed by atoms with Gasteiger partial charge in [0.1, 0.15) is 0 Å². The van der Waals surface area contributed by atoms with Crippen molar-refractivity contribution in [3.63, 3.8) is 0 Å². The lowest BCUT2D eigenvalue weighted by molar-refractivity contribution is -0.117. The van der Waals surface area contributed by atoms with E-state index in [9.17, 15) is 9.59 Å². The van der Waals surface area contributed by atoms with Gasteiger partial charge in [0.15, 0.2) is 0 Å². The number of anilines is 2. The molecule has 0 atom stereocenters. The van der Waals surface area contributed by atoms with Crippen LogP contribution in [0, 0.1) is 0 Å². The number of benzene rings is 1. The van der Waals surface area contributed by atoms with E-state index in [2.05, 4.69) is 26.1 Å². The fourth-order valence-electron chi connectivity index (χ4n) is 3.22. The van der Waals surface area contributed by atoms with Crippen molar-refractivity contribution < 1.29 is 14.3 Å². The van der Waals surface area contributed by atoms with Gasteiger partial charge in [0, 0.05) is 44.0 Å². The Morgan fingerprint density at radius 3 is 2.71 bits per heavy atom. The summed E-state index contributed by atoms with van der Waals surface area (Å²) in [5.41, 5.74) is 2.63. The van der Waals surface area contributed by atoms with E-state index >= 15 is 0 Å². The second kappa shape index (κ2) is 7.63. The highest BCUT2D eigenvalue weighted by atomic mass is 79.9. The van der Waals surface area contributed by atoms with Gasteiger partial charge in [-0.25, -0.2) is 0 Å². The minimum atomic E-state index is -0.0304. The van der Waals surface area contributed by atoms with Gasteiger partial charge in [0.2, 0.25) is 11.8 Å². The van der Waals surface area contributed by atoms with Crippen LogP contribution in [0.1, 0.15) is 18.9 Å². The largest absolute Gasteiger partial charge is 0.379 e. The molecule has 0 saturated carbocycles. The Labute approximate surface area is 150 Å². The molecule has 1 fully saturated rings. The number of nitrogens with one attached hydrogen (secondary N) is 1. The van der Waals surface area contributed by atoms with Crippen molar-refractivity contribution in [3.05, 3.63) is 22.2 Å². The molecule has 1 N–H and O–H groups in total. The summed E-state index contributed by atoms with van der Waals surface area (Å²) in [6.45, 7) is 6.15. The Bertz CT molecular complexity index is 644. The summed E-state index contributed by atoms with van der Waals surface area (Å²) in [6, 6.07) is 3.88. The van der Waals surface area contributed by atoms with Crippen molar-refractivity contribution in [1.29, 1.82) is 0 Å². The third-order valence-electron chi connectivity index (χ3n) is 4.44. The topological polar surface area (TPSA) is 61.9 Å². The van der Waals surface area contributed by atoms with Gasteiger partial charge in [-0.05, 0) is 24.1 Å². The molecule has 1 aromatic rings. The van der Waals surface area contributed by atoms with Gasteiger partial charge in [-0.3, -0.25) is 14.5 Å². The lowest BCUT2D eigenvalue weighted by Crippen LogP contribution is -2.38. The number of ether oxygens (including phenoxy) is 1. The lowest BCUT2D eigenvalue weighted by Gasteiger charge is -2.26. The summed E-state index contributed by atoms with van der Waals surface area (Å²) < 4.78 is 6.23. The average molecular weight is 396 g/mol. The maximum Gasteiger partial charge on any atom is 0.225 e. The number of nitrogens with zero attached hydrogens (tertiary/aromatic N) is 2. The number of rotatable bonds is 4. The van der Waals surface area contributed by atoms with E-state index in [1.165, 1.54) is 0 Å². The number of hydrogen-bond donors (Lipinski definition) is 1. The fourth-order valence-corrected chi connectivity index (χ4v) is 3.72. The molecule has 7 heteroatoms. The zero-order chi connectivity index (χ0) is 17.1. The number of carbonyl (C=O) groups is 2. The third kappa shape index (κ3) is 3.96. The van der Waals surface area contributed by atoms with Crippen LogP contribution >= 0.6 is 15.9 Å². The number of carbonyl (C=O) groups excluding carboxylic acids is 2. The number of halogens is 1. The molecule has 1 saturated heterocycles. The zero-order valence-electron chi connectivity index (χ0n) is 13.8. The minimum absolute atomic E-state index is 0.000104. The Hall–Kier alpha value is -1.44. The molecule has 0 spiro atoms. The van der Waals surface area contributed by atoms with Crippen LogP contribution in [-0.2, 0) is 20.7 Å². The van der Waals surface area contributed by atoms with Gasteiger partial charge in [0.05, 0.1) is 24.6 Å². The summed E-state index contributed by atoms with van der Waals surface area (Å²) in [5, 5.41) is 2.99. The van der Waals surface area contributed by atoms with Crippen molar-refractivity contribution in [2.24, 2.45) is 0 Å². The highest BCUT2D eigenvalue weighted by molar-refractivity contribution is 9.10. The molecule has 3 rings (SSSR count). The highest BCUT2D eigenvalue weighted by Gasteiger charge is 2.26. The van der Waals surface area contributed by atoms with Crippen molar-refractivity contribution in [2.45, 2.75) is 19.8 Å². The molecule has 0 aliphatic carbocycles. The van der Waals surface area contributed by atoms with E-state index in [4.69, 9.17) is 4.74 Å². The molecule has 0 bridgehead atoms. The van der Waals surface area contributed by atoms with Crippen LogP contribution in [0.4, 0.5) is 11.4 Å². The SMILES string of the molecule is CC(=O)N1CCc2cc(Br)cc(NC(=O)CCN3CCOCC3)c21. The van der Waals surface area contributed by atoms with Crippen LogP contribution in [0.3, 0.4) is 0 Å². The fraction of sp³-hybridized carbons (Fsp3) is 0.529. The van der Waals surface area contributed by atoms with Gasteiger partial charge >= 0.3 is 0 Å². The van der Waals surface area contributed by atoms with Crippen LogP contribution in [0.15, 0.2) is 16.6 Å². The smallest absolute Gasteiger partial charge is 0.225 e. The molecule has 0 aromatic heterocycles. The Balaban J connectivity index is 1.68. The molecule has 6 nitrogen and oxygen atoms in total. The number of amides is 2. The van der Waals surface area contributed by atoms with Crippen molar-refractivity contribution in [3.8, 4) is 0 Å². The Morgan fingerprint density at radius 2 is 2.00 bits per heavy atom. The molecular weight excluding hydrogens is 374 g/mol. The third-order valence-corrected chi connectivity index (χ3v) is 4.90. The van der Waals surface area contributed by atoms with Gasteiger partial charge in [-0.2, -0.15) is 0 Å². The van der Waals surface area contributed by atoms with Crippen LogP contribution in [-0.4, -0.2) is 56.1 Å². The second-order valence-corrected chi connectivity index (χ2v) is 7.05. The summed E-state index contributed by atoms with van der Waals surface area (Å²) in [6.07, 6.45) is 1.24. The maximum absolute atomic E-state index is 12.4. The highest BCUT2D eigenvalue weighted by Crippen LogP contribution is 2.38. The van der Waals surface area contributed by atoms with Gasteiger partial charge in [0.25, 0.3) is 0 Å². The van der Waals surface area contributed by atoms with Crippen LogP contribution in [0.2, 0.25) is 0 Å². The molecule has 1 aromatic carbocycles. The van der Waals surface area contributed by atoms with E-state index in [-0.39, 0.29) is 11.8 Å². The molecule has 2 aliphatic rings. The Morgan fingerprint density at radius 1 is 1.25 bits per heavy atom. The van der Waals surface area contributed by atoms with E-state index in [1.807, 2.05) is 12.1 Å². The predicted octanol–water partition coefficient (Wildman–Crippen LogP) is 2.02. The van der Waals surface area contributed by atoms with Crippen molar-refractivity contribution >= 4 is 39.1 Å². The first-order valence-electron chi connectivity index (χ1n) is 8.25. The molecule has 2 amide bonds. The summed E-state index contributed by atoms with van der Waals surface area (Å²) in [5.74, 6) is -0.0305. The number of hydrogen-bond acceptors (Lipinski definition) is 4. The monoisotopic (exact) mass is 395 g/mol. The average Bonchev–Trinajstić information content (AvgIpc) is 2.98. The van der Waals surface area contributed by atoms with Crippen molar-refractivity contribution in [1.82, 2.24) is 4.90 Å². The lowest BCUT2D eigenvalue weighted by atomic mass is 10.1. The van der Waals surface area contributed by atoms with Gasteiger partial charge in [-0.1, -0.05) is 15.9 Å². The first-order chi connectivity index (χ1) is 11.5. The van der Waals surface area contributed by atoms with E-state index < -0.39 is 0 Å². The van der Waals surface area contributed by atoms with Crippen molar-refractivity contribution in [2.75, 3.05) is 49.6 Å². The molecule has 0 unspecified atom stereocenters. The predicted molar refractivity (Wildman–Crippen MR) is 96.4 cm³/mol. The number of fused-ring (bicyclic) bond motifs is 1. The molecule has 0 radical (unpaired) electrons. The van der Waals surface area contributed by atoms with E-state index in [0.29, 0.717) is 18.7 Å². The van der Waals surface area contributed by atoms with E-state index in [0.717, 1.165) is 55.0 Å². The minimum Gasteiger partial charge on any atom is -0.379 e. The second-order valence-electron chi connectivity index (χ2n) is 6.13. The molecule has 2 aliphatic heterocycles. The zero-order valence-corrected chi connectivity index (χ0v) is 15.4. The molecule has 130 valence electrons. The van der Waals surface area contributed by atoms with E-state index in [1.54, 1.807) is 11.8 Å². The normalized spacial score (nSPS) is 17.7. The number of morpholine rings is 1. The first-order valence-corrected chi connectivity index (χ1v) is 9.04. The maximum atomic E-state index is 12.4. The standard InChI is InChI=1S/C17H22BrN3O3/c1-12(22)21-5-2-13-10-14(18)11-15(17(13)21)19-16(23)3-4-20-6-8-24-9-7-20/h10-11H,2-9H2,1H3,(H,19,23). The molecule has 24 heavy (non-hydrogen) atoms. The Kier molecular flexibility index (Phi) is 5.53. The summed E-state index contributed by atoms with van der Waals surface area (Å²) in [4.78, 5) is 28.2.